The van der Waals surface area contributed by atoms with E-state index in [1.807, 2.05) is 14.4 Å². The van der Waals surface area contributed by atoms with E-state index in [0.717, 1.165) is 0 Å². The Morgan fingerprint density at radius 3 is 1.78 bits per heavy atom. The van der Waals surface area contributed by atoms with Crippen LogP contribution in [0.1, 0.15) is 13.8 Å². The van der Waals surface area contributed by atoms with E-state index in [1.165, 1.54) is 10.8 Å². The van der Waals surface area contributed by atoms with E-state index in [1.54, 1.807) is 0 Å². The Labute approximate surface area is 74.0 Å². The van der Waals surface area contributed by atoms with Gasteiger partial charge in [0.05, 0.1) is 0 Å². The van der Waals surface area contributed by atoms with Gasteiger partial charge >= 0.3 is 39.1 Å². The van der Waals surface area contributed by atoms with E-state index in [0.29, 0.717) is 0 Å². The van der Waals surface area contributed by atoms with Gasteiger partial charge in [0.25, 0.3) is 0 Å². The minimum Gasteiger partial charge on any atom is -0.385 e. The number of nitrogens with two attached hydrogens (primary N) is 1. The second kappa shape index (κ2) is 11.5. The van der Waals surface area contributed by atoms with E-state index in [-0.39, 0.29) is 4.32 Å². The molecule has 0 fully saturated rings. The van der Waals surface area contributed by atoms with Gasteiger partial charge in [-0.15, -0.1) is 12.6 Å². The minimum atomic E-state index is 0.194. The van der Waals surface area contributed by atoms with Crippen LogP contribution in [0.2, 0.25) is 10.8 Å². The van der Waals surface area contributed by atoms with Crippen LogP contribution in [0.25, 0.3) is 0 Å². The molecule has 0 rings (SSSR count). The maximum absolute atomic E-state index is 4.71. The van der Waals surface area contributed by atoms with Gasteiger partial charge in [0, 0.05) is 0 Å². The molecule has 0 spiro atoms. The molecule has 0 radical (unpaired) electrons. The van der Waals surface area contributed by atoms with Crippen molar-refractivity contribution in [3.05, 3.63) is 0 Å². The van der Waals surface area contributed by atoms with Crippen LogP contribution in [-0.4, -0.2) is 4.32 Å². The molecule has 0 bridgehead atoms. The molecule has 4 heteroatoms. The van der Waals surface area contributed by atoms with Gasteiger partial charge < -0.3 is 5.73 Å². The van der Waals surface area contributed by atoms with Crippen molar-refractivity contribution in [3.63, 3.8) is 0 Å². The molecule has 0 aliphatic rings. The summed E-state index contributed by atoms with van der Waals surface area (Å²) < 4.78 is 0.194. The molecule has 9 heavy (non-hydrogen) atoms. The van der Waals surface area contributed by atoms with Crippen molar-refractivity contribution >= 4 is 29.2 Å². The van der Waals surface area contributed by atoms with Crippen LogP contribution in [0.3, 0.4) is 0 Å². The molecule has 0 aromatic heterocycles. The summed E-state index contributed by atoms with van der Waals surface area (Å²) in [6.07, 6.45) is 0. The second-order valence-corrected chi connectivity index (χ2v) is 4.06. The fourth-order valence-corrected chi connectivity index (χ4v) is 0.652. The van der Waals surface area contributed by atoms with Gasteiger partial charge in [-0.05, 0) is 0 Å². The zero-order valence-electron chi connectivity index (χ0n) is 5.66. The first-order valence-electron chi connectivity index (χ1n) is 2.58. The molecule has 0 saturated heterocycles. The molecule has 0 heterocycles. The van der Waals surface area contributed by atoms with Gasteiger partial charge in [0.1, 0.15) is 4.32 Å². The zero-order chi connectivity index (χ0) is 7.70. The van der Waals surface area contributed by atoms with Gasteiger partial charge in [-0.3, -0.25) is 0 Å². The van der Waals surface area contributed by atoms with Crippen molar-refractivity contribution in [2.75, 3.05) is 0 Å². The van der Waals surface area contributed by atoms with E-state index < -0.39 is 0 Å². The first-order chi connectivity index (χ1) is 4.15. The minimum absolute atomic E-state index is 0.194. The third-order valence-electron chi connectivity index (χ3n) is 0.316. The Morgan fingerprint density at radius 2 is 1.78 bits per heavy atom. The summed E-state index contributed by atoms with van der Waals surface area (Å²) in [6.45, 7) is 4.37. The van der Waals surface area contributed by atoms with Crippen molar-refractivity contribution in [1.29, 1.82) is 0 Å². The maximum Gasteiger partial charge on any atom is 0.128 e. The Bertz CT molecular complexity index is 62.0. The number of thiol groups is 1. The molecule has 1 nitrogen and oxygen atoms in total. The van der Waals surface area contributed by atoms with Gasteiger partial charge in [0.2, 0.25) is 0 Å². The maximum atomic E-state index is 4.71. The first kappa shape index (κ1) is 12.4. The SMILES string of the molecule is C[CH2][Ni][CH2]C.NC(=S)S. The average molecular weight is 210 g/mol. The van der Waals surface area contributed by atoms with Crippen LogP contribution in [0.15, 0.2) is 0 Å². The largest absolute Gasteiger partial charge is 0.385 e. The van der Waals surface area contributed by atoms with Crippen molar-refractivity contribution in [3.8, 4) is 0 Å². The Morgan fingerprint density at radius 1 is 1.56 bits per heavy atom. The summed E-state index contributed by atoms with van der Waals surface area (Å²) in [7, 11) is 0. The second-order valence-electron chi connectivity index (χ2n) is 0.944. The predicted octanol–water partition coefficient (Wildman–Crippen LogP) is 2.11. The summed E-state index contributed by atoms with van der Waals surface area (Å²) >= 11 is 9.47. The van der Waals surface area contributed by atoms with Crippen LogP contribution in [0.5, 0.6) is 0 Å². The molecule has 60 valence electrons. The van der Waals surface area contributed by atoms with Crippen molar-refractivity contribution in [2.24, 2.45) is 5.73 Å². The van der Waals surface area contributed by atoms with Crippen molar-refractivity contribution < 1.29 is 14.4 Å². The summed E-state index contributed by atoms with van der Waals surface area (Å²) in [5, 5.41) is 2.56. The number of hydrogen-bond donors (Lipinski definition) is 2. The fourth-order valence-electron chi connectivity index (χ4n) is 0.158. The number of hydrogen-bond acceptors (Lipinski definition) is 1. The molecule has 0 unspecified atom stereocenters. The van der Waals surface area contributed by atoms with Crippen LogP contribution < -0.4 is 5.73 Å². The van der Waals surface area contributed by atoms with Gasteiger partial charge in [-0.2, -0.15) is 0 Å². The summed E-state index contributed by atoms with van der Waals surface area (Å²) in [4.78, 5) is 0. The predicted molar refractivity (Wildman–Crippen MR) is 46.7 cm³/mol. The van der Waals surface area contributed by atoms with E-state index in [4.69, 9.17) is 5.73 Å². The first-order valence-corrected chi connectivity index (χ1v) is 4.83. The summed E-state index contributed by atoms with van der Waals surface area (Å²) in [5.41, 5.74) is 4.71. The van der Waals surface area contributed by atoms with E-state index in [2.05, 4.69) is 38.7 Å². The van der Waals surface area contributed by atoms with E-state index >= 15 is 0 Å². The van der Waals surface area contributed by atoms with E-state index in [9.17, 15) is 0 Å². The zero-order valence-corrected chi connectivity index (χ0v) is 8.36. The molecular formula is C5H13NNiS2. The molecule has 2 N–H and O–H groups in total. The smallest absolute Gasteiger partial charge is 0.128 e. The van der Waals surface area contributed by atoms with Crippen LogP contribution in [0, 0.1) is 0 Å². The van der Waals surface area contributed by atoms with Gasteiger partial charge in [-0.1, -0.05) is 12.2 Å². The van der Waals surface area contributed by atoms with Crippen LogP contribution in [0.4, 0.5) is 0 Å². The normalized spacial score (nSPS) is 7.89. The molecule has 0 atom stereocenters. The third kappa shape index (κ3) is 53.0. The quantitative estimate of drug-likeness (QED) is 0.414. The van der Waals surface area contributed by atoms with Gasteiger partial charge in [-0.25, -0.2) is 0 Å². The molecule has 0 aromatic rings. The molecular weight excluding hydrogens is 197 g/mol. The van der Waals surface area contributed by atoms with Crippen molar-refractivity contribution in [1.82, 2.24) is 0 Å². The molecule has 0 aliphatic heterocycles. The monoisotopic (exact) mass is 209 g/mol. The fraction of sp³-hybridized carbons (Fsp3) is 0.800. The molecule has 0 saturated carbocycles. The van der Waals surface area contributed by atoms with Crippen molar-refractivity contribution in [2.45, 2.75) is 24.6 Å². The Kier molecular flexibility index (Phi) is 15.9. The topological polar surface area (TPSA) is 26.0 Å². The molecule has 0 amide bonds. The van der Waals surface area contributed by atoms with Crippen LogP contribution >= 0.6 is 24.8 Å². The number of thiocarbonyl (C=S) groups is 1. The summed E-state index contributed by atoms with van der Waals surface area (Å²) in [5.74, 6) is 0. The van der Waals surface area contributed by atoms with Gasteiger partial charge in [0.15, 0.2) is 0 Å². The molecule has 0 aromatic carbocycles. The Balaban J connectivity index is 0. The third-order valence-corrected chi connectivity index (χ3v) is 1.30. The van der Waals surface area contributed by atoms with Crippen LogP contribution in [-0.2, 0) is 14.4 Å². The average Bonchev–Trinajstić information content (AvgIpc) is 1.66. The Hall–Kier alpha value is 0.734. The number of rotatable bonds is 2. The summed E-state index contributed by atoms with van der Waals surface area (Å²) in [6, 6.07) is 0. The standard InChI is InChI=1S/2C2H5.CH3NS2.Ni/c2*1-2;2-1(3)4;/h2*1H2,2H3;(H3,2,3,4);. The molecule has 0 aliphatic carbocycles.